The number of Topliss-reactive ketones (excluding diaryl/α,β-unsaturated/α-hetero) is 1. The van der Waals surface area contributed by atoms with Crippen molar-refractivity contribution in [1.29, 1.82) is 0 Å². The molecule has 3 nitrogen and oxygen atoms in total. The van der Waals surface area contributed by atoms with E-state index >= 15 is 0 Å². The van der Waals surface area contributed by atoms with Gasteiger partial charge in [0, 0.05) is 19.2 Å². The lowest BCUT2D eigenvalue weighted by atomic mass is 10.2. The Morgan fingerprint density at radius 2 is 2.50 bits per heavy atom. The molecule has 1 heterocycles. The molecule has 3 heteroatoms. The monoisotopic (exact) mass is 166 g/mol. The summed E-state index contributed by atoms with van der Waals surface area (Å²) < 4.78 is 0. The summed E-state index contributed by atoms with van der Waals surface area (Å²) in [5, 5.41) is 3.17. The van der Waals surface area contributed by atoms with Gasteiger partial charge in [-0.25, -0.2) is 0 Å². The van der Waals surface area contributed by atoms with Crippen molar-refractivity contribution >= 4 is 11.6 Å². The molecule has 0 aliphatic rings. The fraction of sp³-hybridized carbons (Fsp3) is 0.444. The predicted molar refractivity (Wildman–Crippen MR) is 49.2 cm³/mol. The molecule has 0 bridgehead atoms. The van der Waals surface area contributed by atoms with Crippen molar-refractivity contribution in [2.45, 2.75) is 19.8 Å². The van der Waals surface area contributed by atoms with Crippen LogP contribution in [0.25, 0.3) is 0 Å². The van der Waals surface area contributed by atoms with Gasteiger partial charge in [0.25, 0.3) is 0 Å². The summed E-state index contributed by atoms with van der Waals surface area (Å²) in [5.41, 5.74) is 0. The lowest BCUT2D eigenvalue weighted by Gasteiger charge is -2.01. The van der Waals surface area contributed by atoms with Crippen molar-refractivity contribution in [2.75, 3.05) is 11.9 Å². The van der Waals surface area contributed by atoms with Gasteiger partial charge in [-0.1, -0.05) is 0 Å². The maximum atomic E-state index is 10.6. The fourth-order valence-corrected chi connectivity index (χ4v) is 1.00. The normalized spacial score (nSPS) is 9.75. The second-order valence-corrected chi connectivity index (χ2v) is 2.82. The molecule has 0 aromatic carbocycles. The van der Waals surface area contributed by atoms with Gasteiger partial charge in [0.1, 0.15) is 11.6 Å². The second-order valence-electron chi connectivity index (χ2n) is 2.82. The molecule has 12 heavy (non-hydrogen) atoms. The molecule has 66 valence electrons. The number of carbonyl (C=O) groups excluding carboxylic acids is 1. The van der Waals surface area contributed by atoms with Crippen LogP contribution >= 0.6 is 0 Å². The average Bonchev–Trinajstić information content (AvgIpc) is 2.49. The minimum Gasteiger partial charge on any atom is -0.372 e. The van der Waals surface area contributed by atoms with Crippen LogP contribution in [0.5, 0.6) is 0 Å². The first kappa shape index (κ1) is 8.84. The highest BCUT2D eigenvalue weighted by Crippen LogP contribution is 2.01. The van der Waals surface area contributed by atoms with Crippen LogP contribution < -0.4 is 5.32 Å². The van der Waals surface area contributed by atoms with Gasteiger partial charge in [-0.15, -0.1) is 0 Å². The third-order valence-corrected chi connectivity index (χ3v) is 1.62. The predicted octanol–water partition coefficient (Wildman–Crippen LogP) is 1.80. The van der Waals surface area contributed by atoms with Crippen LogP contribution in [0.3, 0.4) is 0 Å². The Morgan fingerprint density at radius 1 is 1.67 bits per heavy atom. The first-order chi connectivity index (χ1) is 5.79. The van der Waals surface area contributed by atoms with E-state index in [-0.39, 0.29) is 5.78 Å². The number of H-pyrrole nitrogens is 1. The summed E-state index contributed by atoms with van der Waals surface area (Å²) in [4.78, 5) is 13.6. The number of rotatable bonds is 5. The van der Waals surface area contributed by atoms with Gasteiger partial charge in [0.05, 0.1) is 0 Å². The van der Waals surface area contributed by atoms with Crippen LogP contribution in [0, 0.1) is 0 Å². The zero-order valence-electron chi connectivity index (χ0n) is 7.26. The van der Waals surface area contributed by atoms with Gasteiger partial charge in [0.15, 0.2) is 0 Å². The fourth-order valence-electron chi connectivity index (χ4n) is 1.00. The van der Waals surface area contributed by atoms with Crippen LogP contribution in [0.2, 0.25) is 0 Å². The largest absolute Gasteiger partial charge is 0.372 e. The number of aromatic amines is 1. The summed E-state index contributed by atoms with van der Waals surface area (Å²) in [6.07, 6.45) is 3.43. The van der Waals surface area contributed by atoms with Gasteiger partial charge in [0.2, 0.25) is 0 Å². The van der Waals surface area contributed by atoms with E-state index < -0.39 is 0 Å². The van der Waals surface area contributed by atoms with Crippen molar-refractivity contribution in [2.24, 2.45) is 0 Å². The molecule has 0 spiro atoms. The molecule has 0 radical (unpaired) electrons. The minimum absolute atomic E-state index is 0.253. The third-order valence-electron chi connectivity index (χ3n) is 1.62. The molecule has 0 fully saturated rings. The molecule has 0 unspecified atom stereocenters. The Bertz CT molecular complexity index is 229. The second kappa shape index (κ2) is 4.59. The molecule has 0 aliphatic heterocycles. The van der Waals surface area contributed by atoms with E-state index in [1.165, 1.54) is 0 Å². The number of hydrogen-bond acceptors (Lipinski definition) is 2. The van der Waals surface area contributed by atoms with Crippen molar-refractivity contribution in [1.82, 2.24) is 4.98 Å². The van der Waals surface area contributed by atoms with Crippen molar-refractivity contribution in [3.63, 3.8) is 0 Å². The Hall–Kier alpha value is -1.25. The van der Waals surface area contributed by atoms with E-state index in [9.17, 15) is 4.79 Å². The number of nitrogens with one attached hydrogen (secondary N) is 2. The number of ketones is 1. The molecule has 0 aliphatic carbocycles. The number of carbonyl (C=O) groups is 1. The summed E-state index contributed by atoms with van der Waals surface area (Å²) >= 11 is 0. The molecule has 1 aromatic rings. The Labute approximate surface area is 72.2 Å². The molecular weight excluding hydrogens is 152 g/mol. The van der Waals surface area contributed by atoms with Gasteiger partial charge in [-0.3, -0.25) is 0 Å². The quantitative estimate of drug-likeness (QED) is 0.655. The number of aromatic nitrogens is 1. The highest BCUT2D eigenvalue weighted by atomic mass is 16.1. The summed E-state index contributed by atoms with van der Waals surface area (Å²) in [5.74, 6) is 1.27. The highest BCUT2D eigenvalue weighted by Gasteiger charge is 1.93. The van der Waals surface area contributed by atoms with E-state index in [2.05, 4.69) is 10.3 Å². The molecular formula is C9H14N2O. The topological polar surface area (TPSA) is 44.9 Å². The maximum Gasteiger partial charge on any atom is 0.129 e. The zero-order valence-corrected chi connectivity index (χ0v) is 7.26. The van der Waals surface area contributed by atoms with Gasteiger partial charge in [-0.05, 0) is 25.5 Å². The van der Waals surface area contributed by atoms with Crippen LogP contribution in [-0.2, 0) is 4.79 Å². The molecule has 1 aromatic heterocycles. The Balaban J connectivity index is 2.07. The van der Waals surface area contributed by atoms with Gasteiger partial charge in [-0.2, -0.15) is 0 Å². The van der Waals surface area contributed by atoms with Crippen molar-refractivity contribution in [3.8, 4) is 0 Å². The lowest BCUT2D eigenvalue weighted by molar-refractivity contribution is -0.117. The Kier molecular flexibility index (Phi) is 3.38. The first-order valence-electron chi connectivity index (χ1n) is 4.16. The van der Waals surface area contributed by atoms with Crippen LogP contribution in [0.1, 0.15) is 19.8 Å². The molecule has 0 saturated heterocycles. The van der Waals surface area contributed by atoms with Crippen LogP contribution in [0.4, 0.5) is 5.82 Å². The van der Waals surface area contributed by atoms with Gasteiger partial charge < -0.3 is 15.1 Å². The zero-order chi connectivity index (χ0) is 8.81. The van der Waals surface area contributed by atoms with E-state index in [1.807, 2.05) is 18.3 Å². The van der Waals surface area contributed by atoms with Crippen molar-refractivity contribution in [3.05, 3.63) is 18.3 Å². The van der Waals surface area contributed by atoms with Crippen LogP contribution in [-0.4, -0.2) is 17.3 Å². The summed E-state index contributed by atoms with van der Waals surface area (Å²) in [7, 11) is 0. The maximum absolute atomic E-state index is 10.6. The lowest BCUT2D eigenvalue weighted by Crippen LogP contribution is -2.03. The summed E-state index contributed by atoms with van der Waals surface area (Å²) in [6, 6.07) is 3.90. The molecule has 0 amide bonds. The standard InChI is InChI=1S/C9H14N2O/c1-8(12)4-2-6-10-9-5-3-7-11-9/h3,5,7,10-11H,2,4,6H2,1H3. The SMILES string of the molecule is CC(=O)CCCNc1ccc[nH]1. The number of hydrogen-bond donors (Lipinski definition) is 2. The molecule has 0 atom stereocenters. The molecule has 2 N–H and O–H groups in total. The first-order valence-corrected chi connectivity index (χ1v) is 4.16. The smallest absolute Gasteiger partial charge is 0.129 e. The van der Waals surface area contributed by atoms with Crippen molar-refractivity contribution < 1.29 is 4.79 Å². The third kappa shape index (κ3) is 3.23. The number of anilines is 1. The highest BCUT2D eigenvalue weighted by molar-refractivity contribution is 5.75. The van der Waals surface area contributed by atoms with E-state index in [1.54, 1.807) is 6.92 Å². The summed E-state index contributed by atoms with van der Waals surface area (Å²) in [6.45, 7) is 2.47. The van der Waals surface area contributed by atoms with E-state index in [4.69, 9.17) is 0 Å². The molecule has 0 saturated carbocycles. The van der Waals surface area contributed by atoms with E-state index in [0.29, 0.717) is 6.42 Å². The average molecular weight is 166 g/mol. The van der Waals surface area contributed by atoms with E-state index in [0.717, 1.165) is 18.8 Å². The minimum atomic E-state index is 0.253. The van der Waals surface area contributed by atoms with Gasteiger partial charge >= 0.3 is 0 Å². The Morgan fingerprint density at radius 3 is 3.08 bits per heavy atom. The molecule has 1 rings (SSSR count). The van der Waals surface area contributed by atoms with Crippen LogP contribution in [0.15, 0.2) is 18.3 Å².